The number of thiazole rings is 1. The highest BCUT2D eigenvalue weighted by Crippen LogP contribution is 2.34. The third kappa shape index (κ3) is 5.09. The zero-order valence-corrected chi connectivity index (χ0v) is 19.8. The van der Waals surface area contributed by atoms with Gasteiger partial charge in [0.05, 0.1) is 23.0 Å². The predicted octanol–water partition coefficient (Wildman–Crippen LogP) is 6.93. The second-order valence-corrected chi connectivity index (χ2v) is 9.58. The fourth-order valence-electron chi connectivity index (χ4n) is 4.40. The van der Waals surface area contributed by atoms with Crippen molar-refractivity contribution >= 4 is 26.7 Å². The molecule has 1 aliphatic rings. The topological polar surface area (TPSA) is 69.2 Å². The minimum Gasteiger partial charge on any atom is -0.481 e. The summed E-state index contributed by atoms with van der Waals surface area (Å²) in [6, 6.07) is 14.0. The molecule has 1 atom stereocenters. The van der Waals surface area contributed by atoms with E-state index in [1.54, 1.807) is 30.8 Å². The Morgan fingerprint density at radius 2 is 1.85 bits per heavy atom. The van der Waals surface area contributed by atoms with E-state index in [-0.39, 0.29) is 0 Å². The van der Waals surface area contributed by atoms with Crippen LogP contribution in [0.3, 0.4) is 0 Å². The van der Waals surface area contributed by atoms with Gasteiger partial charge in [-0.2, -0.15) is 0 Å². The summed E-state index contributed by atoms with van der Waals surface area (Å²) < 4.78 is 12.4. The Kier molecular flexibility index (Phi) is 6.39. The number of hydrogen-bond donors (Lipinski definition) is 1. The van der Waals surface area contributed by atoms with Crippen molar-refractivity contribution in [3.63, 3.8) is 0 Å². The third-order valence-electron chi connectivity index (χ3n) is 6.28. The molecular formula is C26H28N4O2S. The summed E-state index contributed by atoms with van der Waals surface area (Å²) in [7, 11) is 1.60. The fourth-order valence-corrected chi connectivity index (χ4v) is 5.39. The van der Waals surface area contributed by atoms with Crippen molar-refractivity contribution in [2.24, 2.45) is 5.92 Å². The minimum atomic E-state index is 0.448. The normalized spacial score (nSPS) is 15.3. The maximum Gasteiger partial charge on any atom is 0.212 e. The van der Waals surface area contributed by atoms with Crippen LogP contribution in [-0.2, 0) is 0 Å². The smallest absolute Gasteiger partial charge is 0.212 e. The number of fused-ring (bicyclic) bond motifs is 1. The monoisotopic (exact) mass is 460 g/mol. The standard InChI is InChI=1S/C26H28N4O2S/c1-17(18-6-4-3-5-7-18)29-26-30-22-10-9-20(15-24(22)33-26)32-21-12-13-27-23(14-21)19-8-11-25(31-2)28-16-19/h8-18H,3-7H2,1-2H3,(H,29,30)/t17-/m0/s1. The van der Waals surface area contributed by atoms with Crippen molar-refractivity contribution in [1.29, 1.82) is 0 Å². The van der Waals surface area contributed by atoms with Crippen molar-refractivity contribution in [3.05, 3.63) is 54.9 Å². The van der Waals surface area contributed by atoms with Crippen LogP contribution in [0.1, 0.15) is 39.0 Å². The first kappa shape index (κ1) is 21.6. The lowest BCUT2D eigenvalue weighted by Crippen LogP contribution is -2.27. The lowest BCUT2D eigenvalue weighted by molar-refractivity contribution is 0.328. The molecule has 0 unspecified atom stereocenters. The molecule has 6 nitrogen and oxygen atoms in total. The third-order valence-corrected chi connectivity index (χ3v) is 7.23. The van der Waals surface area contributed by atoms with E-state index in [4.69, 9.17) is 14.5 Å². The Hall–Kier alpha value is -3.19. The first-order valence-electron chi connectivity index (χ1n) is 11.5. The van der Waals surface area contributed by atoms with Gasteiger partial charge in [0.15, 0.2) is 5.13 Å². The number of pyridine rings is 2. The van der Waals surface area contributed by atoms with Gasteiger partial charge < -0.3 is 14.8 Å². The molecule has 1 aliphatic carbocycles. The summed E-state index contributed by atoms with van der Waals surface area (Å²) in [6.07, 6.45) is 10.2. The molecule has 1 aromatic carbocycles. The van der Waals surface area contributed by atoms with E-state index in [0.717, 1.165) is 44.0 Å². The molecule has 5 rings (SSSR count). The number of benzene rings is 1. The summed E-state index contributed by atoms with van der Waals surface area (Å²) in [5.74, 6) is 2.82. The van der Waals surface area contributed by atoms with Crippen LogP contribution in [0.5, 0.6) is 17.4 Å². The van der Waals surface area contributed by atoms with Gasteiger partial charge in [0, 0.05) is 42.2 Å². The van der Waals surface area contributed by atoms with E-state index in [9.17, 15) is 0 Å². The fraction of sp³-hybridized carbons (Fsp3) is 0.346. The Bertz CT molecular complexity index is 1220. The quantitative estimate of drug-likeness (QED) is 0.322. The van der Waals surface area contributed by atoms with Crippen LogP contribution in [-0.4, -0.2) is 28.1 Å². The Labute approximate surface area is 198 Å². The van der Waals surface area contributed by atoms with Crippen LogP contribution in [0.15, 0.2) is 54.9 Å². The lowest BCUT2D eigenvalue weighted by atomic mass is 9.85. The second-order valence-electron chi connectivity index (χ2n) is 8.55. The highest BCUT2D eigenvalue weighted by Gasteiger charge is 2.21. The molecule has 1 saturated carbocycles. The summed E-state index contributed by atoms with van der Waals surface area (Å²) in [5, 5.41) is 4.63. The summed E-state index contributed by atoms with van der Waals surface area (Å²) in [4.78, 5) is 13.5. The number of anilines is 1. The summed E-state index contributed by atoms with van der Waals surface area (Å²) in [6.45, 7) is 2.29. The van der Waals surface area contributed by atoms with Crippen LogP contribution in [0.2, 0.25) is 0 Å². The van der Waals surface area contributed by atoms with Gasteiger partial charge >= 0.3 is 0 Å². The molecule has 0 radical (unpaired) electrons. The summed E-state index contributed by atoms with van der Waals surface area (Å²) >= 11 is 1.68. The summed E-state index contributed by atoms with van der Waals surface area (Å²) in [5.41, 5.74) is 2.69. The Morgan fingerprint density at radius 3 is 2.64 bits per heavy atom. The lowest BCUT2D eigenvalue weighted by Gasteiger charge is -2.28. The van der Waals surface area contributed by atoms with Crippen molar-refractivity contribution in [2.75, 3.05) is 12.4 Å². The number of methoxy groups -OCH3 is 1. The number of nitrogens with zero attached hydrogens (tertiary/aromatic N) is 3. The van der Waals surface area contributed by atoms with E-state index in [0.29, 0.717) is 11.9 Å². The molecular weight excluding hydrogens is 432 g/mol. The minimum absolute atomic E-state index is 0.448. The number of hydrogen-bond acceptors (Lipinski definition) is 7. The molecule has 0 saturated heterocycles. The SMILES string of the molecule is COc1ccc(-c2cc(Oc3ccc4nc(N[C@@H](C)C5CCCCC5)sc4c3)ccn2)cn1. The van der Waals surface area contributed by atoms with Crippen LogP contribution in [0.25, 0.3) is 21.5 Å². The number of aromatic nitrogens is 3. The van der Waals surface area contributed by atoms with E-state index in [1.165, 1.54) is 32.1 Å². The molecule has 33 heavy (non-hydrogen) atoms. The molecule has 1 fully saturated rings. The van der Waals surface area contributed by atoms with E-state index in [2.05, 4.69) is 28.3 Å². The van der Waals surface area contributed by atoms with Gasteiger partial charge in [0.1, 0.15) is 11.5 Å². The first-order chi connectivity index (χ1) is 16.2. The van der Waals surface area contributed by atoms with Crippen molar-refractivity contribution in [1.82, 2.24) is 15.0 Å². The van der Waals surface area contributed by atoms with Crippen LogP contribution in [0.4, 0.5) is 5.13 Å². The van der Waals surface area contributed by atoms with Crippen molar-refractivity contribution in [2.45, 2.75) is 45.1 Å². The number of nitrogens with one attached hydrogen (secondary N) is 1. The van der Waals surface area contributed by atoms with Crippen molar-refractivity contribution in [3.8, 4) is 28.6 Å². The van der Waals surface area contributed by atoms with Gasteiger partial charge in [0.25, 0.3) is 0 Å². The van der Waals surface area contributed by atoms with Gasteiger partial charge in [-0.05, 0) is 49.9 Å². The molecule has 4 aromatic rings. The molecule has 3 heterocycles. The van der Waals surface area contributed by atoms with Crippen LogP contribution < -0.4 is 14.8 Å². The van der Waals surface area contributed by atoms with Gasteiger partial charge in [-0.25, -0.2) is 9.97 Å². The van der Waals surface area contributed by atoms with Crippen LogP contribution >= 0.6 is 11.3 Å². The average Bonchev–Trinajstić information content (AvgIpc) is 3.26. The highest BCUT2D eigenvalue weighted by atomic mass is 32.1. The van der Waals surface area contributed by atoms with E-state index in [1.807, 2.05) is 36.4 Å². The highest BCUT2D eigenvalue weighted by molar-refractivity contribution is 7.22. The molecule has 7 heteroatoms. The maximum atomic E-state index is 6.15. The molecule has 0 spiro atoms. The second kappa shape index (κ2) is 9.75. The van der Waals surface area contributed by atoms with Crippen molar-refractivity contribution < 1.29 is 9.47 Å². The number of rotatable bonds is 7. The molecule has 1 N–H and O–H groups in total. The maximum absolute atomic E-state index is 6.15. The van der Waals surface area contributed by atoms with Crippen LogP contribution in [0, 0.1) is 5.92 Å². The molecule has 0 amide bonds. The average molecular weight is 461 g/mol. The van der Waals surface area contributed by atoms with E-state index >= 15 is 0 Å². The van der Waals surface area contributed by atoms with Gasteiger partial charge in [-0.15, -0.1) is 0 Å². The number of ether oxygens (including phenoxy) is 2. The predicted molar refractivity (Wildman–Crippen MR) is 133 cm³/mol. The molecule has 3 aromatic heterocycles. The molecule has 0 bridgehead atoms. The largest absolute Gasteiger partial charge is 0.481 e. The zero-order chi connectivity index (χ0) is 22.6. The van der Waals surface area contributed by atoms with Gasteiger partial charge in [-0.3, -0.25) is 4.98 Å². The van der Waals surface area contributed by atoms with Gasteiger partial charge in [0.2, 0.25) is 5.88 Å². The zero-order valence-electron chi connectivity index (χ0n) is 19.0. The first-order valence-corrected chi connectivity index (χ1v) is 12.3. The Morgan fingerprint density at radius 1 is 1.00 bits per heavy atom. The molecule has 170 valence electrons. The Balaban J connectivity index is 1.30. The van der Waals surface area contributed by atoms with Gasteiger partial charge in [-0.1, -0.05) is 30.6 Å². The molecule has 0 aliphatic heterocycles. The van der Waals surface area contributed by atoms with E-state index < -0.39 is 0 Å².